The summed E-state index contributed by atoms with van der Waals surface area (Å²) >= 11 is 0. The predicted octanol–water partition coefficient (Wildman–Crippen LogP) is 0.718. The van der Waals surface area contributed by atoms with E-state index in [1.165, 1.54) is 0 Å². The maximum absolute atomic E-state index is 12.0. The molecule has 1 aromatic carbocycles. The van der Waals surface area contributed by atoms with Crippen LogP contribution in [0.2, 0.25) is 0 Å². The Balaban J connectivity index is 1.60. The highest BCUT2D eigenvalue weighted by Gasteiger charge is 2.28. The predicted molar refractivity (Wildman–Crippen MR) is 82.5 cm³/mol. The lowest BCUT2D eigenvalue weighted by Gasteiger charge is -2.09. The fraction of sp³-hybridized carbons (Fsp3) is 0.333. The van der Waals surface area contributed by atoms with Crippen LogP contribution in [0.15, 0.2) is 42.7 Å². The third-order valence-corrected chi connectivity index (χ3v) is 5.39. The van der Waals surface area contributed by atoms with E-state index < -0.39 is 9.84 Å². The van der Waals surface area contributed by atoms with E-state index in [4.69, 9.17) is 0 Å². The van der Waals surface area contributed by atoms with Crippen LogP contribution in [0.25, 0.3) is 5.69 Å². The van der Waals surface area contributed by atoms with Crippen LogP contribution in [0.4, 0.5) is 0 Å². The Bertz CT molecular complexity index is 768. The molecule has 2 aromatic rings. The van der Waals surface area contributed by atoms with Crippen LogP contribution in [-0.2, 0) is 21.1 Å². The number of rotatable bonds is 4. The van der Waals surface area contributed by atoms with E-state index in [1.807, 2.05) is 30.3 Å². The van der Waals surface area contributed by atoms with Crippen molar-refractivity contribution in [1.82, 2.24) is 15.1 Å². The highest BCUT2D eigenvalue weighted by Crippen LogP contribution is 2.12. The van der Waals surface area contributed by atoms with Gasteiger partial charge in [-0.05, 0) is 24.1 Å². The fourth-order valence-corrected chi connectivity index (χ4v) is 4.22. The van der Waals surface area contributed by atoms with Crippen LogP contribution in [0.3, 0.4) is 0 Å². The minimum absolute atomic E-state index is 0.0437. The van der Waals surface area contributed by atoms with Gasteiger partial charge in [-0.3, -0.25) is 4.79 Å². The summed E-state index contributed by atoms with van der Waals surface area (Å²) in [4.78, 5) is 12.0. The Morgan fingerprint density at radius 1 is 1.32 bits per heavy atom. The zero-order valence-electron chi connectivity index (χ0n) is 12.0. The summed E-state index contributed by atoms with van der Waals surface area (Å²) in [5, 5.41) is 7.01. The molecule has 7 heteroatoms. The molecule has 1 atom stereocenters. The molecule has 0 saturated carbocycles. The van der Waals surface area contributed by atoms with Crippen molar-refractivity contribution in [2.45, 2.75) is 18.9 Å². The Labute approximate surface area is 129 Å². The number of sulfone groups is 1. The summed E-state index contributed by atoms with van der Waals surface area (Å²) in [7, 11) is -2.98. The van der Waals surface area contributed by atoms with E-state index in [9.17, 15) is 13.2 Å². The van der Waals surface area contributed by atoms with Crippen molar-refractivity contribution in [2.75, 3.05) is 11.5 Å². The van der Waals surface area contributed by atoms with Gasteiger partial charge in [0.15, 0.2) is 9.84 Å². The van der Waals surface area contributed by atoms with Crippen molar-refractivity contribution in [3.8, 4) is 5.69 Å². The molecule has 0 unspecified atom stereocenters. The number of nitrogens with zero attached hydrogens (tertiary/aromatic N) is 2. The largest absolute Gasteiger partial charge is 0.352 e. The number of hydrogen-bond acceptors (Lipinski definition) is 4. The molecule has 1 saturated heterocycles. The summed E-state index contributed by atoms with van der Waals surface area (Å²) in [5.41, 5.74) is 1.72. The van der Waals surface area contributed by atoms with Gasteiger partial charge in [0.25, 0.3) is 0 Å². The SMILES string of the molecule is O=C(Cc1cnn(-c2ccccc2)c1)N[C@@H]1CCS(=O)(=O)C1. The summed E-state index contributed by atoms with van der Waals surface area (Å²) in [5.74, 6) is 0.0287. The normalized spacial score (nSPS) is 19.9. The third kappa shape index (κ3) is 3.54. The Morgan fingerprint density at radius 3 is 2.77 bits per heavy atom. The minimum atomic E-state index is -2.98. The first-order valence-corrected chi connectivity index (χ1v) is 8.93. The number of amides is 1. The molecule has 6 nitrogen and oxygen atoms in total. The van der Waals surface area contributed by atoms with Gasteiger partial charge in [-0.15, -0.1) is 0 Å². The molecule has 3 rings (SSSR count). The van der Waals surface area contributed by atoms with Crippen molar-refractivity contribution in [3.05, 3.63) is 48.3 Å². The molecule has 2 heterocycles. The van der Waals surface area contributed by atoms with Gasteiger partial charge in [0.2, 0.25) is 5.91 Å². The molecule has 1 amide bonds. The molecule has 1 fully saturated rings. The molecule has 0 aliphatic carbocycles. The highest BCUT2D eigenvalue weighted by molar-refractivity contribution is 7.91. The van der Waals surface area contributed by atoms with Crippen molar-refractivity contribution in [2.24, 2.45) is 0 Å². The second-order valence-electron chi connectivity index (χ2n) is 5.47. The van der Waals surface area contributed by atoms with Crippen LogP contribution in [0, 0.1) is 0 Å². The number of para-hydroxylation sites is 1. The highest BCUT2D eigenvalue weighted by atomic mass is 32.2. The molecule has 0 bridgehead atoms. The number of nitrogens with one attached hydrogen (secondary N) is 1. The van der Waals surface area contributed by atoms with Gasteiger partial charge in [0.1, 0.15) is 0 Å². The second kappa shape index (κ2) is 5.92. The topological polar surface area (TPSA) is 81.1 Å². The van der Waals surface area contributed by atoms with Gasteiger partial charge in [-0.1, -0.05) is 18.2 Å². The number of hydrogen-bond donors (Lipinski definition) is 1. The molecule has 1 N–H and O–H groups in total. The average Bonchev–Trinajstić information content (AvgIpc) is 3.06. The molecule has 1 aliphatic rings. The van der Waals surface area contributed by atoms with Gasteiger partial charge >= 0.3 is 0 Å². The van der Waals surface area contributed by atoms with E-state index >= 15 is 0 Å². The van der Waals surface area contributed by atoms with Crippen molar-refractivity contribution in [1.29, 1.82) is 0 Å². The third-order valence-electron chi connectivity index (χ3n) is 3.62. The van der Waals surface area contributed by atoms with Gasteiger partial charge in [0, 0.05) is 12.2 Å². The van der Waals surface area contributed by atoms with Crippen LogP contribution < -0.4 is 5.32 Å². The zero-order chi connectivity index (χ0) is 15.6. The van der Waals surface area contributed by atoms with E-state index in [0.29, 0.717) is 6.42 Å². The van der Waals surface area contributed by atoms with Gasteiger partial charge in [0.05, 0.1) is 29.8 Å². The number of carbonyl (C=O) groups is 1. The second-order valence-corrected chi connectivity index (χ2v) is 7.70. The Morgan fingerprint density at radius 2 is 2.09 bits per heavy atom. The van der Waals surface area contributed by atoms with E-state index in [1.54, 1.807) is 17.1 Å². The van der Waals surface area contributed by atoms with Crippen LogP contribution >= 0.6 is 0 Å². The number of benzene rings is 1. The van der Waals surface area contributed by atoms with Crippen LogP contribution in [-0.4, -0.2) is 41.7 Å². The lowest BCUT2D eigenvalue weighted by atomic mass is 10.2. The maximum Gasteiger partial charge on any atom is 0.224 e. The lowest BCUT2D eigenvalue weighted by Crippen LogP contribution is -2.36. The first-order valence-electron chi connectivity index (χ1n) is 7.11. The summed E-state index contributed by atoms with van der Waals surface area (Å²) in [6.07, 6.45) is 4.15. The summed E-state index contributed by atoms with van der Waals surface area (Å²) < 4.78 is 24.5. The van der Waals surface area contributed by atoms with Gasteiger partial charge in [-0.2, -0.15) is 5.10 Å². The standard InChI is InChI=1S/C15H17N3O3S/c19-15(17-13-6-7-22(20,21)11-13)8-12-9-16-18(10-12)14-4-2-1-3-5-14/h1-5,9-10,13H,6-8,11H2,(H,17,19)/t13-/m1/s1. The van der Waals surface area contributed by atoms with E-state index in [-0.39, 0.29) is 29.9 Å². The molecule has 22 heavy (non-hydrogen) atoms. The lowest BCUT2D eigenvalue weighted by molar-refractivity contribution is -0.121. The fourth-order valence-electron chi connectivity index (χ4n) is 2.55. The molecular formula is C15H17N3O3S. The van der Waals surface area contributed by atoms with Crippen molar-refractivity contribution >= 4 is 15.7 Å². The van der Waals surface area contributed by atoms with Crippen LogP contribution in [0.5, 0.6) is 0 Å². The molecular weight excluding hydrogens is 302 g/mol. The van der Waals surface area contributed by atoms with Crippen molar-refractivity contribution < 1.29 is 13.2 Å². The quantitative estimate of drug-likeness (QED) is 0.900. The Kier molecular flexibility index (Phi) is 3.98. The molecule has 0 spiro atoms. The summed E-state index contributed by atoms with van der Waals surface area (Å²) in [6, 6.07) is 9.37. The number of aromatic nitrogens is 2. The number of carbonyl (C=O) groups excluding carboxylic acids is 1. The van der Waals surface area contributed by atoms with Gasteiger partial charge in [-0.25, -0.2) is 13.1 Å². The average molecular weight is 319 g/mol. The molecule has 116 valence electrons. The van der Waals surface area contributed by atoms with Crippen LogP contribution in [0.1, 0.15) is 12.0 Å². The molecule has 1 aliphatic heterocycles. The molecule has 0 radical (unpaired) electrons. The molecule has 1 aromatic heterocycles. The summed E-state index contributed by atoms with van der Waals surface area (Å²) in [6.45, 7) is 0. The first kappa shape index (κ1) is 14.8. The first-order chi connectivity index (χ1) is 10.5. The minimum Gasteiger partial charge on any atom is -0.352 e. The maximum atomic E-state index is 12.0. The van der Waals surface area contributed by atoms with E-state index in [2.05, 4.69) is 10.4 Å². The smallest absolute Gasteiger partial charge is 0.224 e. The van der Waals surface area contributed by atoms with Crippen molar-refractivity contribution in [3.63, 3.8) is 0 Å². The monoisotopic (exact) mass is 319 g/mol. The van der Waals surface area contributed by atoms with E-state index in [0.717, 1.165) is 11.3 Å². The van der Waals surface area contributed by atoms with Gasteiger partial charge < -0.3 is 5.32 Å². The zero-order valence-corrected chi connectivity index (χ0v) is 12.8. The Hall–Kier alpha value is -2.15.